The smallest absolute Gasteiger partial charge is 0.271 e. The molecule has 0 spiro atoms. The fourth-order valence-corrected chi connectivity index (χ4v) is 4.08. The Hall–Kier alpha value is -3.51. The second kappa shape index (κ2) is 5.79. The molecule has 1 aliphatic carbocycles. The minimum absolute atomic E-state index is 0.224. The zero-order valence-corrected chi connectivity index (χ0v) is 14.4. The lowest BCUT2D eigenvalue weighted by atomic mass is 9.61. The van der Waals surface area contributed by atoms with Gasteiger partial charge in [0.1, 0.15) is 5.84 Å². The monoisotopic (exact) mass is 344 g/mol. The van der Waals surface area contributed by atoms with Crippen LogP contribution >= 0.6 is 0 Å². The molecule has 3 atom stereocenters. The van der Waals surface area contributed by atoms with Crippen LogP contribution in [0.4, 0.5) is 0 Å². The lowest BCUT2D eigenvalue weighted by molar-refractivity contribution is -0.126. The molecular formula is C20H16N4O2. The van der Waals surface area contributed by atoms with E-state index in [0.29, 0.717) is 5.57 Å². The van der Waals surface area contributed by atoms with Gasteiger partial charge < -0.3 is 5.73 Å². The van der Waals surface area contributed by atoms with Crippen molar-refractivity contribution in [1.29, 1.82) is 10.5 Å². The third-order valence-electron chi connectivity index (χ3n) is 5.28. The Morgan fingerprint density at radius 3 is 2.46 bits per heavy atom. The molecule has 6 nitrogen and oxygen atoms in total. The number of Topliss-reactive ketones (excluding diaryl/α,β-unsaturated/α-hetero) is 1. The van der Waals surface area contributed by atoms with E-state index in [1.807, 2.05) is 42.5 Å². The van der Waals surface area contributed by atoms with E-state index >= 15 is 0 Å². The molecule has 1 amide bonds. The summed E-state index contributed by atoms with van der Waals surface area (Å²) < 4.78 is 0. The number of allylic oxidation sites excluding steroid dienone is 2. The van der Waals surface area contributed by atoms with Gasteiger partial charge in [0.2, 0.25) is 0 Å². The van der Waals surface area contributed by atoms with E-state index in [-0.39, 0.29) is 17.2 Å². The topological polar surface area (TPSA) is 120 Å². The molecule has 26 heavy (non-hydrogen) atoms. The van der Waals surface area contributed by atoms with Crippen LogP contribution in [0.2, 0.25) is 0 Å². The van der Waals surface area contributed by atoms with Gasteiger partial charge in [0, 0.05) is 11.5 Å². The maximum atomic E-state index is 12.7. The van der Waals surface area contributed by atoms with Crippen molar-refractivity contribution in [3.63, 3.8) is 0 Å². The van der Waals surface area contributed by atoms with E-state index in [9.17, 15) is 20.1 Å². The fraction of sp³-hybridized carbons (Fsp3) is 0.250. The summed E-state index contributed by atoms with van der Waals surface area (Å²) in [5.74, 6) is -2.21. The number of hydrogen-bond donors (Lipinski definition) is 1. The molecule has 1 heterocycles. The number of rotatable bonds is 3. The summed E-state index contributed by atoms with van der Waals surface area (Å²) >= 11 is 0. The minimum Gasteiger partial charge on any atom is -0.385 e. The molecule has 0 fully saturated rings. The van der Waals surface area contributed by atoms with Crippen molar-refractivity contribution in [2.75, 3.05) is 0 Å². The van der Waals surface area contributed by atoms with Crippen LogP contribution < -0.4 is 5.73 Å². The first-order chi connectivity index (χ1) is 12.4. The largest absolute Gasteiger partial charge is 0.385 e. The minimum atomic E-state index is -1.86. The number of amidine groups is 1. The molecule has 2 N–H and O–H groups in total. The molecule has 0 bridgehead atoms. The number of aliphatic imine (C=N–C) groups is 1. The first kappa shape index (κ1) is 17.3. The number of nitrogens with zero attached hydrogens (tertiary/aromatic N) is 3. The summed E-state index contributed by atoms with van der Waals surface area (Å²) in [6.45, 7) is 2.93. The summed E-state index contributed by atoms with van der Waals surface area (Å²) in [5.41, 5.74) is 3.78. The summed E-state index contributed by atoms with van der Waals surface area (Å²) in [6.07, 6.45) is 3.36. The molecule has 1 aromatic rings. The fourth-order valence-electron chi connectivity index (χ4n) is 4.08. The number of fused-ring (bicyclic) bond motifs is 1. The third kappa shape index (κ3) is 1.87. The second-order valence-electron chi connectivity index (χ2n) is 6.43. The van der Waals surface area contributed by atoms with Crippen LogP contribution in [0.1, 0.15) is 19.4 Å². The highest BCUT2D eigenvalue weighted by molar-refractivity contribution is 6.17. The van der Waals surface area contributed by atoms with Crippen LogP contribution in [0, 0.1) is 39.4 Å². The van der Waals surface area contributed by atoms with E-state index in [1.165, 1.54) is 6.92 Å². The van der Waals surface area contributed by atoms with Gasteiger partial charge in [-0.25, -0.2) is 0 Å². The van der Waals surface area contributed by atoms with Crippen molar-refractivity contribution in [3.05, 3.63) is 53.1 Å². The Morgan fingerprint density at radius 1 is 1.27 bits per heavy atom. The van der Waals surface area contributed by atoms with E-state index in [2.05, 4.69) is 4.99 Å². The van der Waals surface area contributed by atoms with Crippen molar-refractivity contribution < 1.29 is 9.59 Å². The molecule has 3 rings (SSSR count). The summed E-state index contributed by atoms with van der Waals surface area (Å²) in [4.78, 5) is 28.8. The van der Waals surface area contributed by atoms with Crippen LogP contribution in [0.15, 0.2) is 52.5 Å². The van der Waals surface area contributed by atoms with E-state index in [4.69, 9.17) is 5.73 Å². The quantitative estimate of drug-likeness (QED) is 0.900. The molecule has 2 aliphatic rings. The highest BCUT2D eigenvalue weighted by atomic mass is 16.2. The number of benzene rings is 1. The molecule has 0 unspecified atom stereocenters. The van der Waals surface area contributed by atoms with Crippen LogP contribution in [-0.2, 0) is 9.59 Å². The Balaban J connectivity index is 2.28. The zero-order valence-electron chi connectivity index (χ0n) is 14.4. The number of hydrogen-bond acceptors (Lipinski definition) is 5. The second-order valence-corrected chi connectivity index (χ2v) is 6.43. The predicted molar refractivity (Wildman–Crippen MR) is 95.1 cm³/mol. The number of amides is 1. The Labute approximate surface area is 150 Å². The average molecular weight is 344 g/mol. The van der Waals surface area contributed by atoms with Crippen LogP contribution in [0.25, 0.3) is 6.08 Å². The van der Waals surface area contributed by atoms with Gasteiger partial charge >= 0.3 is 0 Å². The van der Waals surface area contributed by atoms with Gasteiger partial charge in [-0.1, -0.05) is 42.5 Å². The van der Waals surface area contributed by atoms with Crippen molar-refractivity contribution in [1.82, 2.24) is 0 Å². The van der Waals surface area contributed by atoms with E-state index < -0.39 is 22.7 Å². The molecule has 6 heteroatoms. The number of carbonyl (C=O) groups excluding carboxylic acids is 2. The van der Waals surface area contributed by atoms with Crippen molar-refractivity contribution in [3.8, 4) is 12.1 Å². The maximum Gasteiger partial charge on any atom is 0.271 e. The molecule has 0 radical (unpaired) electrons. The molecule has 0 saturated carbocycles. The first-order valence-corrected chi connectivity index (χ1v) is 8.03. The van der Waals surface area contributed by atoms with Gasteiger partial charge in [0.05, 0.1) is 12.1 Å². The Bertz CT molecular complexity index is 991. The zero-order chi connectivity index (χ0) is 19.1. The van der Waals surface area contributed by atoms with Gasteiger partial charge in [-0.15, -0.1) is 0 Å². The van der Waals surface area contributed by atoms with Crippen LogP contribution in [-0.4, -0.2) is 17.5 Å². The summed E-state index contributed by atoms with van der Waals surface area (Å²) in [6, 6.07) is 13.3. The van der Waals surface area contributed by atoms with Gasteiger partial charge in [-0.2, -0.15) is 15.5 Å². The van der Waals surface area contributed by atoms with Crippen molar-refractivity contribution in [2.24, 2.45) is 27.5 Å². The molecule has 1 aliphatic heterocycles. The number of carbonyl (C=O) groups is 2. The van der Waals surface area contributed by atoms with Gasteiger partial charge in [0.15, 0.2) is 16.6 Å². The molecular weight excluding hydrogens is 328 g/mol. The average Bonchev–Trinajstić information content (AvgIpc) is 2.99. The van der Waals surface area contributed by atoms with Crippen molar-refractivity contribution in [2.45, 2.75) is 13.8 Å². The number of nitriles is 2. The molecule has 1 aromatic carbocycles. The highest BCUT2D eigenvalue weighted by Crippen LogP contribution is 2.62. The van der Waals surface area contributed by atoms with Crippen molar-refractivity contribution >= 4 is 23.6 Å². The summed E-state index contributed by atoms with van der Waals surface area (Å²) in [5, 5.41) is 19.9. The van der Waals surface area contributed by atoms with Gasteiger partial charge in [-0.05, 0) is 25.0 Å². The number of ketones is 1. The standard InChI is InChI=1S/C20H16N4O2/c1-12-16(13(2)25)15(9-8-14-6-4-3-5-7-14)20(11-22)18(26)24-17(23)19(12,20)10-21/h3-9,15H,1-2H3,(H2,23,24,26)/b9-8+/t15-,19-,20+/m1/s1. The normalized spacial score (nSPS) is 30.1. The van der Waals surface area contributed by atoms with Gasteiger partial charge in [-0.3, -0.25) is 9.59 Å². The Kier molecular flexibility index (Phi) is 3.85. The molecule has 0 aromatic heterocycles. The van der Waals surface area contributed by atoms with Gasteiger partial charge in [0.25, 0.3) is 5.91 Å². The SMILES string of the molecule is CC(=O)C1=C(C)[C@]2(C#N)C(N)=NC(=O)[C@]2(C#N)[C@@H]1/C=C/c1ccccc1. The lowest BCUT2D eigenvalue weighted by Gasteiger charge is -2.31. The predicted octanol–water partition coefficient (Wildman–Crippen LogP) is 2.15. The van der Waals surface area contributed by atoms with E-state index in [1.54, 1.807) is 19.1 Å². The molecule has 0 saturated heterocycles. The maximum absolute atomic E-state index is 12.7. The molecule has 128 valence electrons. The Morgan fingerprint density at radius 2 is 1.92 bits per heavy atom. The van der Waals surface area contributed by atoms with E-state index in [0.717, 1.165) is 5.56 Å². The lowest BCUT2D eigenvalue weighted by Crippen LogP contribution is -2.48. The third-order valence-corrected chi connectivity index (χ3v) is 5.28. The van der Waals surface area contributed by atoms with Crippen LogP contribution in [0.5, 0.6) is 0 Å². The first-order valence-electron chi connectivity index (χ1n) is 8.03. The number of nitrogens with two attached hydrogens (primary N) is 1. The van der Waals surface area contributed by atoms with Crippen LogP contribution in [0.3, 0.4) is 0 Å². The summed E-state index contributed by atoms with van der Waals surface area (Å²) in [7, 11) is 0. The highest BCUT2D eigenvalue weighted by Gasteiger charge is 2.73.